The van der Waals surface area contributed by atoms with Crippen molar-refractivity contribution in [3.8, 4) is 16.3 Å². The van der Waals surface area contributed by atoms with E-state index < -0.39 is 0 Å². The fourth-order valence-electron chi connectivity index (χ4n) is 2.47. The molecular weight excluding hydrogens is 324 g/mol. The second kappa shape index (κ2) is 7.31. The second-order valence-electron chi connectivity index (χ2n) is 5.44. The maximum absolute atomic E-state index is 12.3. The third-order valence-electron chi connectivity index (χ3n) is 3.60. The van der Waals surface area contributed by atoms with E-state index in [1.807, 2.05) is 48.7 Å². The van der Waals surface area contributed by atoms with Crippen LogP contribution in [0.3, 0.4) is 0 Å². The molecule has 24 heavy (non-hydrogen) atoms. The van der Waals surface area contributed by atoms with E-state index in [2.05, 4.69) is 10.5 Å². The third kappa shape index (κ3) is 3.65. The quantitative estimate of drug-likeness (QED) is 0.740. The van der Waals surface area contributed by atoms with Crippen LogP contribution in [0.4, 0.5) is 0 Å². The Balaban J connectivity index is 1.64. The summed E-state index contributed by atoms with van der Waals surface area (Å²) in [6.45, 7) is 1.95. The number of carbonyl (C=O) groups excluding carboxylic acids is 1. The van der Waals surface area contributed by atoms with Crippen molar-refractivity contribution in [2.75, 3.05) is 7.11 Å². The van der Waals surface area contributed by atoms with Gasteiger partial charge in [0.2, 0.25) is 5.76 Å². The topological polar surface area (TPSA) is 64.4 Å². The van der Waals surface area contributed by atoms with Gasteiger partial charge in [0.05, 0.1) is 12.0 Å². The maximum atomic E-state index is 12.3. The Kier molecular flexibility index (Phi) is 4.96. The number of aromatic nitrogens is 1. The smallest absolute Gasteiger partial charge is 0.290 e. The first-order valence-corrected chi connectivity index (χ1v) is 8.48. The molecule has 2 aromatic heterocycles. The number of rotatable bonds is 6. The number of methoxy groups -OCH3 is 1. The normalized spacial score (nSPS) is 11.9. The molecule has 1 amide bonds. The van der Waals surface area contributed by atoms with Crippen molar-refractivity contribution in [2.45, 2.75) is 19.4 Å². The molecule has 0 radical (unpaired) electrons. The van der Waals surface area contributed by atoms with Gasteiger partial charge in [0.1, 0.15) is 11.4 Å². The van der Waals surface area contributed by atoms with Gasteiger partial charge in [-0.15, -0.1) is 11.3 Å². The lowest BCUT2D eigenvalue weighted by Gasteiger charge is -2.14. The van der Waals surface area contributed by atoms with Crippen LogP contribution in [0, 0.1) is 0 Å². The van der Waals surface area contributed by atoms with Gasteiger partial charge >= 0.3 is 0 Å². The minimum atomic E-state index is -0.271. The first-order chi connectivity index (χ1) is 11.7. The minimum absolute atomic E-state index is 0.0657. The molecule has 1 atom stereocenters. The van der Waals surface area contributed by atoms with Crippen LogP contribution in [-0.2, 0) is 6.42 Å². The van der Waals surface area contributed by atoms with Gasteiger partial charge in [-0.05, 0) is 36.4 Å². The maximum Gasteiger partial charge on any atom is 0.290 e. The number of hydrogen-bond donors (Lipinski definition) is 1. The van der Waals surface area contributed by atoms with Crippen LogP contribution in [0.1, 0.15) is 23.0 Å². The molecule has 124 valence electrons. The van der Waals surface area contributed by atoms with Crippen LogP contribution < -0.4 is 10.1 Å². The van der Waals surface area contributed by atoms with Crippen LogP contribution in [0.25, 0.3) is 10.6 Å². The molecule has 1 aromatic carbocycles. The van der Waals surface area contributed by atoms with Crippen LogP contribution in [0.5, 0.6) is 5.75 Å². The zero-order chi connectivity index (χ0) is 16.9. The molecule has 0 saturated heterocycles. The third-order valence-corrected chi connectivity index (χ3v) is 4.50. The van der Waals surface area contributed by atoms with Gasteiger partial charge in [0.15, 0.2) is 0 Å². The van der Waals surface area contributed by atoms with Gasteiger partial charge in [0.25, 0.3) is 5.91 Å². The van der Waals surface area contributed by atoms with Crippen LogP contribution in [0.15, 0.2) is 52.4 Å². The zero-order valence-corrected chi connectivity index (χ0v) is 14.3. The first-order valence-electron chi connectivity index (χ1n) is 7.60. The lowest BCUT2D eigenvalue weighted by atomic mass is 10.1. The summed E-state index contributed by atoms with van der Waals surface area (Å²) in [5.74, 6) is 0.760. The van der Waals surface area contributed by atoms with Crippen molar-refractivity contribution in [2.24, 2.45) is 0 Å². The number of ether oxygens (including phenoxy) is 1. The van der Waals surface area contributed by atoms with Crippen molar-refractivity contribution in [1.29, 1.82) is 0 Å². The van der Waals surface area contributed by atoms with Crippen LogP contribution in [-0.4, -0.2) is 24.2 Å². The molecule has 0 saturated carbocycles. The van der Waals surface area contributed by atoms with Gasteiger partial charge in [0, 0.05) is 12.1 Å². The molecule has 3 aromatic rings. The number of nitrogens with one attached hydrogen (secondary N) is 1. The van der Waals surface area contributed by atoms with Gasteiger partial charge < -0.3 is 14.6 Å². The molecule has 0 fully saturated rings. The number of benzene rings is 1. The lowest BCUT2D eigenvalue weighted by Crippen LogP contribution is -2.33. The monoisotopic (exact) mass is 342 g/mol. The predicted molar refractivity (Wildman–Crippen MR) is 93.4 cm³/mol. The minimum Gasteiger partial charge on any atom is -0.496 e. The Morgan fingerprint density at radius 2 is 2.17 bits per heavy atom. The average Bonchev–Trinajstić information content (AvgIpc) is 3.26. The molecule has 0 aliphatic heterocycles. The number of para-hydroxylation sites is 1. The van der Waals surface area contributed by atoms with E-state index in [1.165, 1.54) is 0 Å². The molecule has 3 rings (SSSR count). The summed E-state index contributed by atoms with van der Waals surface area (Å²) in [5.41, 5.74) is 1.72. The summed E-state index contributed by atoms with van der Waals surface area (Å²) in [7, 11) is 1.64. The molecule has 1 unspecified atom stereocenters. The van der Waals surface area contributed by atoms with E-state index in [4.69, 9.17) is 9.26 Å². The van der Waals surface area contributed by atoms with Crippen molar-refractivity contribution < 1.29 is 14.1 Å². The number of carbonyl (C=O) groups is 1. The van der Waals surface area contributed by atoms with E-state index in [0.717, 1.165) is 16.2 Å². The van der Waals surface area contributed by atoms with E-state index in [0.29, 0.717) is 12.1 Å². The SMILES string of the molecule is COc1ccccc1CC(C)NC(=O)c1cc(-c2cccs2)no1. The molecule has 2 heterocycles. The number of nitrogens with zero attached hydrogens (tertiary/aromatic N) is 1. The Morgan fingerprint density at radius 3 is 2.92 bits per heavy atom. The van der Waals surface area contributed by atoms with Crippen molar-refractivity contribution in [1.82, 2.24) is 10.5 Å². The molecule has 1 N–H and O–H groups in total. The van der Waals surface area contributed by atoms with Crippen LogP contribution in [0.2, 0.25) is 0 Å². The van der Waals surface area contributed by atoms with Crippen molar-refractivity contribution in [3.05, 3.63) is 59.2 Å². The highest BCUT2D eigenvalue weighted by molar-refractivity contribution is 7.13. The van der Waals surface area contributed by atoms with Gasteiger partial charge in [-0.2, -0.15) is 0 Å². The molecule has 5 nitrogen and oxygen atoms in total. The predicted octanol–water partition coefficient (Wildman–Crippen LogP) is 3.77. The Morgan fingerprint density at radius 1 is 1.33 bits per heavy atom. The molecule has 0 spiro atoms. The first kappa shape index (κ1) is 16.3. The van der Waals surface area contributed by atoms with Crippen molar-refractivity contribution >= 4 is 17.2 Å². The fraction of sp³-hybridized carbons (Fsp3) is 0.222. The largest absolute Gasteiger partial charge is 0.496 e. The average molecular weight is 342 g/mol. The van der Waals surface area contributed by atoms with Gasteiger partial charge in [-0.1, -0.05) is 29.4 Å². The second-order valence-corrected chi connectivity index (χ2v) is 6.39. The molecular formula is C18H18N2O3S. The van der Waals surface area contributed by atoms with E-state index in [1.54, 1.807) is 24.5 Å². The fourth-order valence-corrected chi connectivity index (χ4v) is 3.15. The van der Waals surface area contributed by atoms with E-state index in [9.17, 15) is 4.79 Å². The number of amides is 1. The summed E-state index contributed by atoms with van der Waals surface area (Å²) in [6.07, 6.45) is 0.668. The summed E-state index contributed by atoms with van der Waals surface area (Å²) in [5, 5.41) is 8.84. The van der Waals surface area contributed by atoms with Crippen LogP contribution >= 0.6 is 11.3 Å². The number of thiophene rings is 1. The molecule has 0 bridgehead atoms. The van der Waals surface area contributed by atoms with E-state index in [-0.39, 0.29) is 17.7 Å². The molecule has 0 aliphatic rings. The highest BCUT2D eigenvalue weighted by atomic mass is 32.1. The standard InChI is InChI=1S/C18H18N2O3S/c1-12(10-13-6-3-4-7-15(13)22-2)19-18(21)16-11-14(20-23-16)17-8-5-9-24-17/h3-9,11-12H,10H2,1-2H3,(H,19,21). The van der Waals surface area contributed by atoms with E-state index >= 15 is 0 Å². The zero-order valence-electron chi connectivity index (χ0n) is 13.5. The summed E-state index contributed by atoms with van der Waals surface area (Å²) in [6, 6.07) is 13.2. The number of hydrogen-bond acceptors (Lipinski definition) is 5. The highest BCUT2D eigenvalue weighted by Crippen LogP contribution is 2.24. The van der Waals surface area contributed by atoms with Gasteiger partial charge in [-0.25, -0.2) is 0 Å². The Labute approximate surface area is 144 Å². The summed E-state index contributed by atoms with van der Waals surface area (Å²) < 4.78 is 10.5. The lowest BCUT2D eigenvalue weighted by molar-refractivity contribution is 0.0903. The molecule has 6 heteroatoms. The summed E-state index contributed by atoms with van der Waals surface area (Å²) >= 11 is 1.55. The highest BCUT2D eigenvalue weighted by Gasteiger charge is 2.17. The molecule has 0 aliphatic carbocycles. The van der Waals surface area contributed by atoms with Gasteiger partial charge in [-0.3, -0.25) is 4.79 Å². The Bertz CT molecular complexity index is 811. The Hall–Kier alpha value is -2.60. The van der Waals surface area contributed by atoms with Crippen molar-refractivity contribution in [3.63, 3.8) is 0 Å². The summed E-state index contributed by atoms with van der Waals surface area (Å²) in [4.78, 5) is 13.3.